The Morgan fingerprint density at radius 2 is 1.34 bits per heavy atom. The van der Waals surface area contributed by atoms with E-state index < -0.39 is 36.4 Å². The van der Waals surface area contributed by atoms with Crippen molar-refractivity contribution in [1.82, 2.24) is 9.88 Å². The molecule has 3 aromatic carbocycles. The SMILES string of the molecule is CN(C)C1(c2ccccc2)CCC(c2[nH]c3ccccc3c2Cc2ccccc2)CC1.O=C(O)CC(O)(CC(=O)O)C(=O)O. The molecule has 9 heteroatoms. The maximum Gasteiger partial charge on any atom is 0.336 e. The van der Waals surface area contributed by atoms with Gasteiger partial charge in [-0.15, -0.1) is 0 Å². The van der Waals surface area contributed by atoms with E-state index in [1.165, 1.54) is 59.0 Å². The first-order chi connectivity index (χ1) is 20.9. The number of carboxylic acids is 3. The number of hydrogen-bond acceptors (Lipinski definition) is 5. The van der Waals surface area contributed by atoms with E-state index in [2.05, 4.69) is 109 Å². The lowest BCUT2D eigenvalue weighted by Crippen LogP contribution is -2.44. The standard InChI is InChI=1S/C29H32N2.C6H8O7/c1-31(2)29(24-13-7-4-8-14-24)19-17-23(18-20-29)28-26(21-22-11-5-3-6-12-22)25-15-9-10-16-27(25)30-28;7-3(8)1-6(13,5(11)12)2-4(9)10/h3-16,23,30H,17-21H2,1-2H3;13H,1-2H2,(H,7,8)(H,9,10)(H,11,12). The molecule has 0 aliphatic heterocycles. The molecule has 5 N–H and O–H groups in total. The Labute approximate surface area is 256 Å². The Bertz CT molecular complexity index is 1560. The van der Waals surface area contributed by atoms with Gasteiger partial charge in [0, 0.05) is 22.1 Å². The van der Waals surface area contributed by atoms with Crippen LogP contribution in [-0.4, -0.2) is 67.9 Å². The van der Waals surface area contributed by atoms with E-state index in [4.69, 9.17) is 20.4 Å². The van der Waals surface area contributed by atoms with E-state index in [1.807, 2.05) is 0 Å². The van der Waals surface area contributed by atoms with Gasteiger partial charge >= 0.3 is 17.9 Å². The second kappa shape index (κ2) is 13.9. The van der Waals surface area contributed by atoms with Gasteiger partial charge < -0.3 is 25.4 Å². The summed E-state index contributed by atoms with van der Waals surface area (Å²) in [6.45, 7) is 0. The van der Waals surface area contributed by atoms with Crippen molar-refractivity contribution in [2.75, 3.05) is 14.1 Å². The second-order valence-electron chi connectivity index (χ2n) is 11.8. The lowest BCUT2D eigenvalue weighted by Gasteiger charge is -2.45. The maximum absolute atomic E-state index is 10.3. The zero-order valence-electron chi connectivity index (χ0n) is 25.1. The molecule has 232 valence electrons. The second-order valence-corrected chi connectivity index (χ2v) is 11.8. The lowest BCUT2D eigenvalue weighted by atomic mass is 9.70. The summed E-state index contributed by atoms with van der Waals surface area (Å²) in [5.41, 5.74) is 4.47. The number of aromatic amines is 1. The van der Waals surface area contributed by atoms with Gasteiger partial charge in [0.2, 0.25) is 0 Å². The highest BCUT2D eigenvalue weighted by atomic mass is 16.4. The first kappa shape index (κ1) is 32.4. The normalized spacial score (nSPS) is 18.4. The van der Waals surface area contributed by atoms with Gasteiger partial charge in [0.15, 0.2) is 5.60 Å². The third-order valence-corrected chi connectivity index (χ3v) is 8.74. The third-order valence-electron chi connectivity index (χ3n) is 8.74. The highest BCUT2D eigenvalue weighted by Gasteiger charge is 2.41. The molecule has 1 saturated carbocycles. The monoisotopic (exact) mass is 600 g/mol. The van der Waals surface area contributed by atoms with E-state index >= 15 is 0 Å². The van der Waals surface area contributed by atoms with E-state index in [-0.39, 0.29) is 5.54 Å². The molecule has 1 heterocycles. The quantitative estimate of drug-likeness (QED) is 0.157. The van der Waals surface area contributed by atoms with Gasteiger partial charge in [-0.2, -0.15) is 0 Å². The van der Waals surface area contributed by atoms with E-state index in [0.717, 1.165) is 6.42 Å². The molecule has 1 aromatic heterocycles. The minimum atomic E-state index is -2.74. The zero-order chi connectivity index (χ0) is 31.9. The smallest absolute Gasteiger partial charge is 0.336 e. The summed E-state index contributed by atoms with van der Waals surface area (Å²) in [6.07, 6.45) is 3.50. The molecule has 0 amide bonds. The minimum Gasteiger partial charge on any atom is -0.481 e. The van der Waals surface area contributed by atoms with E-state index in [1.54, 1.807) is 0 Å². The van der Waals surface area contributed by atoms with Crippen LogP contribution in [0.2, 0.25) is 0 Å². The van der Waals surface area contributed by atoms with Gasteiger partial charge in [0.05, 0.1) is 12.8 Å². The molecule has 0 spiro atoms. The van der Waals surface area contributed by atoms with Crippen molar-refractivity contribution in [2.24, 2.45) is 0 Å². The molecule has 0 unspecified atom stereocenters. The number of carbonyl (C=O) groups is 3. The number of aliphatic carboxylic acids is 3. The van der Waals surface area contributed by atoms with Crippen LogP contribution >= 0.6 is 0 Å². The van der Waals surface area contributed by atoms with Crippen LogP contribution in [0.1, 0.15) is 66.8 Å². The fourth-order valence-corrected chi connectivity index (χ4v) is 6.40. The van der Waals surface area contributed by atoms with Crippen LogP contribution in [0.3, 0.4) is 0 Å². The molecule has 1 fully saturated rings. The number of hydrogen-bond donors (Lipinski definition) is 5. The largest absolute Gasteiger partial charge is 0.481 e. The Morgan fingerprint density at radius 3 is 1.86 bits per heavy atom. The molecule has 44 heavy (non-hydrogen) atoms. The molecule has 5 rings (SSSR count). The van der Waals surface area contributed by atoms with Gasteiger partial charge in [-0.3, -0.25) is 14.5 Å². The summed E-state index contributed by atoms with van der Waals surface area (Å²) < 4.78 is 0. The molecular formula is C35H40N2O7. The van der Waals surface area contributed by atoms with E-state index in [0.29, 0.717) is 5.92 Å². The number of aromatic nitrogens is 1. The van der Waals surface area contributed by atoms with Crippen molar-refractivity contribution in [3.05, 3.63) is 107 Å². The first-order valence-corrected chi connectivity index (χ1v) is 14.7. The van der Waals surface area contributed by atoms with Crippen LogP contribution in [0.15, 0.2) is 84.9 Å². The highest BCUT2D eigenvalue weighted by Crippen LogP contribution is 2.47. The van der Waals surface area contributed by atoms with E-state index in [9.17, 15) is 14.4 Å². The number of benzene rings is 3. The topological polar surface area (TPSA) is 151 Å². The number of aliphatic hydroxyl groups is 1. The number of nitrogens with one attached hydrogen (secondary N) is 1. The Hall–Kier alpha value is -4.47. The van der Waals surface area contributed by atoms with Crippen molar-refractivity contribution < 1.29 is 34.8 Å². The molecule has 1 aliphatic rings. The van der Waals surface area contributed by atoms with Crippen molar-refractivity contribution in [2.45, 2.75) is 62.0 Å². The summed E-state index contributed by atoms with van der Waals surface area (Å²) in [6, 6.07) is 30.8. The average Bonchev–Trinajstić information content (AvgIpc) is 3.35. The van der Waals surface area contributed by atoms with Gasteiger partial charge in [-0.1, -0.05) is 78.9 Å². The summed E-state index contributed by atoms with van der Waals surface area (Å²) in [7, 11) is 4.49. The molecule has 9 nitrogen and oxygen atoms in total. The predicted octanol–water partition coefficient (Wildman–Crippen LogP) is 5.62. The van der Waals surface area contributed by atoms with Crippen LogP contribution in [0.5, 0.6) is 0 Å². The first-order valence-electron chi connectivity index (χ1n) is 14.7. The summed E-state index contributed by atoms with van der Waals surface area (Å²) in [5.74, 6) is -4.43. The van der Waals surface area contributed by atoms with Crippen molar-refractivity contribution in [3.63, 3.8) is 0 Å². The highest BCUT2D eigenvalue weighted by molar-refractivity contribution is 5.88. The van der Waals surface area contributed by atoms with Crippen LogP contribution < -0.4 is 0 Å². The number of nitrogens with zero attached hydrogens (tertiary/aromatic N) is 1. The lowest BCUT2D eigenvalue weighted by molar-refractivity contribution is -0.170. The molecular weight excluding hydrogens is 560 g/mol. The van der Waals surface area contributed by atoms with Gasteiger partial charge in [0.1, 0.15) is 0 Å². The zero-order valence-corrected chi connectivity index (χ0v) is 25.1. The number of rotatable bonds is 10. The van der Waals surface area contributed by atoms with Crippen LogP contribution in [0.25, 0.3) is 10.9 Å². The number of carboxylic acid groups (broad SMARTS) is 3. The molecule has 0 bridgehead atoms. The number of fused-ring (bicyclic) bond motifs is 1. The molecule has 0 radical (unpaired) electrons. The van der Waals surface area contributed by atoms with Crippen LogP contribution in [0.4, 0.5) is 0 Å². The predicted molar refractivity (Wildman–Crippen MR) is 168 cm³/mol. The Balaban J connectivity index is 0.000000289. The van der Waals surface area contributed by atoms with Gasteiger partial charge in [-0.05, 0) is 74.9 Å². The third kappa shape index (κ3) is 7.35. The van der Waals surface area contributed by atoms with Gasteiger partial charge in [0.25, 0.3) is 0 Å². The van der Waals surface area contributed by atoms with Crippen LogP contribution in [-0.2, 0) is 26.3 Å². The number of H-pyrrole nitrogens is 1. The molecule has 0 atom stereocenters. The number of para-hydroxylation sites is 1. The summed E-state index contributed by atoms with van der Waals surface area (Å²) >= 11 is 0. The Morgan fingerprint density at radius 1 is 0.818 bits per heavy atom. The maximum atomic E-state index is 10.3. The Kier molecular flexibility index (Phi) is 10.2. The van der Waals surface area contributed by atoms with Crippen molar-refractivity contribution >= 4 is 28.8 Å². The summed E-state index contributed by atoms with van der Waals surface area (Å²) in [5, 5.41) is 35.2. The molecule has 4 aromatic rings. The average molecular weight is 601 g/mol. The minimum absolute atomic E-state index is 0.142. The fourth-order valence-electron chi connectivity index (χ4n) is 6.40. The van der Waals surface area contributed by atoms with Gasteiger partial charge in [-0.25, -0.2) is 4.79 Å². The fraction of sp³-hybridized carbons (Fsp3) is 0.343. The molecule has 0 saturated heterocycles. The van der Waals surface area contributed by atoms with Crippen molar-refractivity contribution in [1.29, 1.82) is 0 Å². The summed E-state index contributed by atoms with van der Waals surface area (Å²) in [4.78, 5) is 36.8. The van der Waals surface area contributed by atoms with Crippen LogP contribution in [0, 0.1) is 0 Å². The molecule has 1 aliphatic carbocycles. The van der Waals surface area contributed by atoms with Crippen molar-refractivity contribution in [3.8, 4) is 0 Å².